The van der Waals surface area contributed by atoms with Crippen LogP contribution in [0.2, 0.25) is 0 Å². The van der Waals surface area contributed by atoms with Gasteiger partial charge < -0.3 is 15.1 Å². The summed E-state index contributed by atoms with van der Waals surface area (Å²) in [6, 6.07) is 0.0305. The van der Waals surface area contributed by atoms with Gasteiger partial charge in [-0.2, -0.15) is 4.31 Å². The van der Waals surface area contributed by atoms with Crippen LogP contribution < -0.4 is 5.32 Å². The number of fused-ring (bicyclic) bond motifs is 1. The van der Waals surface area contributed by atoms with Crippen LogP contribution in [-0.2, 0) is 14.8 Å². The maximum absolute atomic E-state index is 13.3. The Balaban J connectivity index is 1.35. The summed E-state index contributed by atoms with van der Waals surface area (Å²) in [5.74, 6) is 0.241. The summed E-state index contributed by atoms with van der Waals surface area (Å²) in [5, 5.41) is 3.20. The number of amides is 1. The summed E-state index contributed by atoms with van der Waals surface area (Å²) < 4.78 is 27.2. The second-order valence-corrected chi connectivity index (χ2v) is 11.3. The Hall–Kier alpha value is -0.700. The maximum atomic E-state index is 13.3. The van der Waals surface area contributed by atoms with Gasteiger partial charge in [0, 0.05) is 44.8 Å². The standard InChI is InChI=1S/C20H36N4O3S/c1-22-12-14-23(15-13-22)11-4-10-21-19(25)20-8-3-2-5-18(20)24(17-6-7-17)28(26,27)16-9-20/h17-18H,2-16H2,1H3,(H,21,25)/t18-,20-/m1/s1. The fourth-order valence-corrected chi connectivity index (χ4v) is 7.63. The molecule has 4 fully saturated rings. The minimum absolute atomic E-state index is 0.108. The quantitative estimate of drug-likeness (QED) is 0.656. The molecule has 28 heavy (non-hydrogen) atoms. The Morgan fingerprint density at radius 3 is 2.54 bits per heavy atom. The molecule has 2 atom stereocenters. The zero-order chi connectivity index (χ0) is 19.8. The fourth-order valence-electron chi connectivity index (χ4n) is 5.43. The molecule has 0 radical (unpaired) electrons. The van der Waals surface area contributed by atoms with Gasteiger partial charge >= 0.3 is 0 Å². The largest absolute Gasteiger partial charge is 0.356 e. The molecule has 2 saturated carbocycles. The zero-order valence-electron chi connectivity index (χ0n) is 17.2. The Morgan fingerprint density at radius 2 is 1.82 bits per heavy atom. The van der Waals surface area contributed by atoms with Gasteiger partial charge in [0.05, 0.1) is 11.2 Å². The van der Waals surface area contributed by atoms with E-state index in [0.29, 0.717) is 13.0 Å². The van der Waals surface area contributed by atoms with Crippen molar-refractivity contribution < 1.29 is 13.2 Å². The van der Waals surface area contributed by atoms with Crippen molar-refractivity contribution in [3.8, 4) is 0 Å². The smallest absolute Gasteiger partial charge is 0.227 e. The number of hydrogen-bond acceptors (Lipinski definition) is 5. The normalized spacial score (nSPS) is 34.7. The highest BCUT2D eigenvalue weighted by molar-refractivity contribution is 7.89. The first-order chi connectivity index (χ1) is 13.4. The van der Waals surface area contributed by atoms with E-state index in [9.17, 15) is 13.2 Å². The summed E-state index contributed by atoms with van der Waals surface area (Å²) in [5.41, 5.74) is -0.500. The van der Waals surface area contributed by atoms with Crippen LogP contribution in [-0.4, -0.2) is 92.6 Å². The third-order valence-electron chi connectivity index (χ3n) is 7.31. The Kier molecular flexibility index (Phi) is 6.03. The zero-order valence-corrected chi connectivity index (χ0v) is 18.1. The van der Waals surface area contributed by atoms with Crippen molar-refractivity contribution in [1.82, 2.24) is 19.4 Å². The van der Waals surface area contributed by atoms with Gasteiger partial charge in [-0.3, -0.25) is 4.79 Å². The van der Waals surface area contributed by atoms with E-state index in [0.717, 1.165) is 77.7 Å². The fraction of sp³-hybridized carbons (Fsp3) is 0.950. The van der Waals surface area contributed by atoms with E-state index in [4.69, 9.17) is 0 Å². The number of carbonyl (C=O) groups excluding carboxylic acids is 1. The van der Waals surface area contributed by atoms with Gasteiger partial charge in [-0.05, 0) is 52.1 Å². The summed E-state index contributed by atoms with van der Waals surface area (Å²) in [6.45, 7) is 6.14. The summed E-state index contributed by atoms with van der Waals surface area (Å²) >= 11 is 0. The molecule has 160 valence electrons. The van der Waals surface area contributed by atoms with Crippen LogP contribution in [0, 0.1) is 5.41 Å². The number of carbonyl (C=O) groups is 1. The average molecular weight is 413 g/mol. The lowest BCUT2D eigenvalue weighted by atomic mass is 9.67. The average Bonchev–Trinajstić information content (AvgIpc) is 3.50. The van der Waals surface area contributed by atoms with Crippen molar-refractivity contribution in [2.45, 2.75) is 63.5 Å². The van der Waals surface area contributed by atoms with E-state index in [1.165, 1.54) is 0 Å². The van der Waals surface area contributed by atoms with Gasteiger partial charge in [-0.25, -0.2) is 8.42 Å². The number of hydrogen-bond donors (Lipinski definition) is 1. The van der Waals surface area contributed by atoms with Gasteiger partial charge in [0.25, 0.3) is 0 Å². The second-order valence-electron chi connectivity index (χ2n) is 9.30. The molecule has 0 bridgehead atoms. The Labute approximate surface area is 169 Å². The first-order valence-electron chi connectivity index (χ1n) is 11.1. The molecule has 8 heteroatoms. The van der Waals surface area contributed by atoms with Crippen LogP contribution in [0.4, 0.5) is 0 Å². The third-order valence-corrected chi connectivity index (χ3v) is 9.23. The molecule has 0 aromatic rings. The van der Waals surface area contributed by atoms with Crippen molar-refractivity contribution in [2.24, 2.45) is 5.41 Å². The molecule has 2 aliphatic heterocycles. The molecule has 0 unspecified atom stereocenters. The van der Waals surface area contributed by atoms with Crippen LogP contribution in [0.3, 0.4) is 0 Å². The van der Waals surface area contributed by atoms with E-state index >= 15 is 0 Å². The predicted molar refractivity (Wildman–Crippen MR) is 110 cm³/mol. The number of nitrogens with one attached hydrogen (secondary N) is 1. The van der Waals surface area contributed by atoms with Crippen molar-refractivity contribution >= 4 is 15.9 Å². The van der Waals surface area contributed by atoms with Gasteiger partial charge in [-0.15, -0.1) is 0 Å². The SMILES string of the molecule is CN1CCN(CCCNC(=O)[C@@]23CCCC[C@H]2N(C2CC2)S(=O)(=O)CC3)CC1. The van der Waals surface area contributed by atoms with Gasteiger partial charge in [-0.1, -0.05) is 12.8 Å². The first-order valence-corrected chi connectivity index (χ1v) is 12.7. The molecule has 0 aromatic carbocycles. The van der Waals surface area contributed by atoms with Crippen molar-refractivity contribution in [3.63, 3.8) is 0 Å². The van der Waals surface area contributed by atoms with E-state index in [1.54, 1.807) is 4.31 Å². The lowest BCUT2D eigenvalue weighted by molar-refractivity contribution is -0.137. The predicted octanol–water partition coefficient (Wildman–Crippen LogP) is 0.867. The topological polar surface area (TPSA) is 73.0 Å². The lowest BCUT2D eigenvalue weighted by Crippen LogP contribution is -2.63. The molecule has 4 aliphatic rings. The van der Waals surface area contributed by atoms with Crippen molar-refractivity contribution in [3.05, 3.63) is 0 Å². The van der Waals surface area contributed by atoms with Crippen LogP contribution in [0.5, 0.6) is 0 Å². The summed E-state index contributed by atoms with van der Waals surface area (Å²) in [7, 11) is -1.04. The van der Waals surface area contributed by atoms with Crippen LogP contribution in [0.15, 0.2) is 0 Å². The monoisotopic (exact) mass is 412 g/mol. The van der Waals surface area contributed by atoms with Crippen LogP contribution in [0.25, 0.3) is 0 Å². The highest BCUT2D eigenvalue weighted by Crippen LogP contribution is 2.50. The summed E-state index contributed by atoms with van der Waals surface area (Å²) in [6.07, 6.45) is 7.10. The number of likely N-dealkylation sites (N-methyl/N-ethyl adjacent to an activating group) is 1. The molecule has 4 rings (SSSR count). The maximum Gasteiger partial charge on any atom is 0.227 e. The van der Waals surface area contributed by atoms with Gasteiger partial charge in [0.2, 0.25) is 15.9 Å². The van der Waals surface area contributed by atoms with Crippen molar-refractivity contribution in [1.29, 1.82) is 0 Å². The minimum atomic E-state index is -3.20. The Bertz CT molecular complexity index is 673. The molecule has 0 aromatic heterocycles. The highest BCUT2D eigenvalue weighted by Gasteiger charge is 2.58. The minimum Gasteiger partial charge on any atom is -0.356 e. The second kappa shape index (κ2) is 8.20. The molecule has 7 nitrogen and oxygen atoms in total. The number of rotatable bonds is 6. The van der Waals surface area contributed by atoms with Gasteiger partial charge in [0.15, 0.2) is 0 Å². The molecule has 2 saturated heterocycles. The third kappa shape index (κ3) is 4.11. The van der Waals surface area contributed by atoms with Crippen molar-refractivity contribution in [2.75, 3.05) is 52.1 Å². The molecule has 1 N–H and O–H groups in total. The number of nitrogens with zero attached hydrogens (tertiary/aromatic N) is 3. The molecular weight excluding hydrogens is 376 g/mol. The van der Waals surface area contributed by atoms with Crippen LogP contribution >= 0.6 is 0 Å². The van der Waals surface area contributed by atoms with Crippen LogP contribution in [0.1, 0.15) is 51.4 Å². The molecule has 2 heterocycles. The first kappa shape index (κ1) is 20.6. The van der Waals surface area contributed by atoms with E-state index < -0.39 is 15.4 Å². The number of piperazine rings is 1. The van der Waals surface area contributed by atoms with Gasteiger partial charge in [0.1, 0.15) is 0 Å². The Morgan fingerprint density at radius 1 is 1.07 bits per heavy atom. The summed E-state index contributed by atoms with van der Waals surface area (Å²) in [4.78, 5) is 18.1. The number of sulfonamides is 1. The molecule has 0 spiro atoms. The van der Waals surface area contributed by atoms with E-state index in [1.807, 2.05) is 0 Å². The molecular formula is C20H36N4O3S. The molecule has 1 amide bonds. The van der Waals surface area contributed by atoms with E-state index in [2.05, 4.69) is 22.2 Å². The highest BCUT2D eigenvalue weighted by atomic mass is 32.2. The van der Waals surface area contributed by atoms with E-state index in [-0.39, 0.29) is 23.7 Å². The lowest BCUT2D eigenvalue weighted by Gasteiger charge is -2.51. The molecule has 2 aliphatic carbocycles.